The van der Waals surface area contributed by atoms with E-state index in [1.165, 1.54) is 0 Å². The predicted octanol–water partition coefficient (Wildman–Crippen LogP) is 1.21. The average Bonchev–Trinajstić information content (AvgIpc) is 1.82. The number of hydrogen-bond acceptors (Lipinski definition) is 2. The topological polar surface area (TPSA) is 29.1 Å². The zero-order valence-corrected chi connectivity index (χ0v) is 7.27. The molecule has 0 aromatic rings. The molecule has 0 aliphatic heterocycles. The van der Waals surface area contributed by atoms with Gasteiger partial charge in [0.2, 0.25) is 0 Å². The van der Waals surface area contributed by atoms with E-state index in [0.717, 1.165) is 6.54 Å². The van der Waals surface area contributed by atoms with E-state index in [0.29, 0.717) is 5.92 Å². The third-order valence-corrected chi connectivity index (χ3v) is 1.44. The van der Waals surface area contributed by atoms with Crippen LogP contribution in [0.3, 0.4) is 0 Å². The lowest BCUT2D eigenvalue weighted by molar-refractivity contribution is -0.118. The summed E-state index contributed by atoms with van der Waals surface area (Å²) in [6, 6.07) is 0.0161. The smallest absolute Gasteiger partial charge is 0.146 e. The van der Waals surface area contributed by atoms with Crippen LogP contribution in [0.1, 0.15) is 27.7 Å². The number of Topliss-reactive ketones (excluding diaryl/α,β-unsaturated/α-hetero) is 1. The first-order valence-corrected chi connectivity index (χ1v) is 3.78. The molecule has 0 unspecified atom stereocenters. The molecule has 0 aromatic heterocycles. The van der Waals surface area contributed by atoms with Crippen molar-refractivity contribution in [1.82, 2.24) is 5.32 Å². The number of rotatable bonds is 4. The van der Waals surface area contributed by atoms with Gasteiger partial charge in [0.05, 0.1) is 6.04 Å². The molecular formula is C8H17NO. The third-order valence-electron chi connectivity index (χ3n) is 1.44. The van der Waals surface area contributed by atoms with Gasteiger partial charge in [0, 0.05) is 0 Å². The third kappa shape index (κ3) is 4.50. The van der Waals surface area contributed by atoms with Crippen LogP contribution in [0.5, 0.6) is 0 Å². The molecule has 0 fully saturated rings. The molecule has 2 nitrogen and oxygen atoms in total. The summed E-state index contributed by atoms with van der Waals surface area (Å²) in [4.78, 5) is 10.7. The van der Waals surface area contributed by atoms with Crippen molar-refractivity contribution in [3.05, 3.63) is 0 Å². The molecule has 0 spiro atoms. The van der Waals surface area contributed by atoms with Gasteiger partial charge in [-0.15, -0.1) is 0 Å². The van der Waals surface area contributed by atoms with Crippen molar-refractivity contribution in [2.24, 2.45) is 5.92 Å². The Balaban J connectivity index is 3.40. The molecule has 0 aliphatic rings. The lowest BCUT2D eigenvalue weighted by Gasteiger charge is -2.11. The molecule has 10 heavy (non-hydrogen) atoms. The summed E-state index contributed by atoms with van der Waals surface area (Å²) in [5.41, 5.74) is 0. The van der Waals surface area contributed by atoms with Crippen molar-refractivity contribution < 1.29 is 4.79 Å². The van der Waals surface area contributed by atoms with Gasteiger partial charge in [0.25, 0.3) is 0 Å². The first-order valence-electron chi connectivity index (χ1n) is 3.78. The summed E-state index contributed by atoms with van der Waals surface area (Å²) < 4.78 is 0. The van der Waals surface area contributed by atoms with Crippen molar-refractivity contribution in [1.29, 1.82) is 0 Å². The molecule has 0 aromatic carbocycles. The van der Waals surface area contributed by atoms with Crippen molar-refractivity contribution in [2.75, 3.05) is 6.54 Å². The van der Waals surface area contributed by atoms with E-state index < -0.39 is 0 Å². The highest BCUT2D eigenvalue weighted by Gasteiger charge is 2.05. The first-order chi connectivity index (χ1) is 4.54. The largest absolute Gasteiger partial charge is 0.307 e. The summed E-state index contributed by atoms with van der Waals surface area (Å²) >= 11 is 0. The Morgan fingerprint density at radius 3 is 2.20 bits per heavy atom. The van der Waals surface area contributed by atoms with Crippen LogP contribution in [-0.2, 0) is 4.79 Å². The van der Waals surface area contributed by atoms with Gasteiger partial charge in [-0.05, 0) is 26.3 Å². The van der Waals surface area contributed by atoms with Crippen LogP contribution in [0, 0.1) is 5.92 Å². The van der Waals surface area contributed by atoms with Gasteiger partial charge in [-0.3, -0.25) is 4.79 Å². The monoisotopic (exact) mass is 143 g/mol. The maximum Gasteiger partial charge on any atom is 0.146 e. The Hall–Kier alpha value is -0.370. The lowest BCUT2D eigenvalue weighted by Crippen LogP contribution is -2.34. The predicted molar refractivity (Wildman–Crippen MR) is 43.0 cm³/mol. The molecule has 2 heteroatoms. The van der Waals surface area contributed by atoms with Gasteiger partial charge in [-0.2, -0.15) is 0 Å². The summed E-state index contributed by atoms with van der Waals surface area (Å²) in [5.74, 6) is 0.822. The number of ketones is 1. The molecule has 0 amide bonds. The summed E-state index contributed by atoms with van der Waals surface area (Å²) in [6.07, 6.45) is 0. The Kier molecular flexibility index (Phi) is 4.28. The number of carbonyl (C=O) groups is 1. The Morgan fingerprint density at radius 1 is 1.40 bits per heavy atom. The fourth-order valence-corrected chi connectivity index (χ4v) is 0.556. The van der Waals surface area contributed by atoms with Crippen molar-refractivity contribution in [3.63, 3.8) is 0 Å². The van der Waals surface area contributed by atoms with Crippen LogP contribution in [0.4, 0.5) is 0 Å². The van der Waals surface area contributed by atoms with E-state index in [2.05, 4.69) is 19.2 Å². The Bertz CT molecular complexity index is 110. The minimum Gasteiger partial charge on any atom is -0.307 e. The van der Waals surface area contributed by atoms with Crippen molar-refractivity contribution >= 4 is 5.78 Å². The molecule has 1 atom stereocenters. The van der Waals surface area contributed by atoms with Crippen molar-refractivity contribution in [3.8, 4) is 0 Å². The zero-order chi connectivity index (χ0) is 8.15. The quantitative estimate of drug-likeness (QED) is 0.641. The first kappa shape index (κ1) is 9.63. The van der Waals surface area contributed by atoms with Crippen molar-refractivity contribution in [2.45, 2.75) is 33.7 Å². The van der Waals surface area contributed by atoms with Gasteiger partial charge in [-0.1, -0.05) is 13.8 Å². The highest BCUT2D eigenvalue weighted by molar-refractivity contribution is 5.80. The molecular weight excluding hydrogens is 126 g/mol. The fourth-order valence-electron chi connectivity index (χ4n) is 0.556. The maximum absolute atomic E-state index is 10.7. The van der Waals surface area contributed by atoms with E-state index in [4.69, 9.17) is 0 Å². The highest BCUT2D eigenvalue weighted by atomic mass is 16.1. The highest BCUT2D eigenvalue weighted by Crippen LogP contribution is 1.90. The molecule has 1 N–H and O–H groups in total. The molecule has 0 radical (unpaired) electrons. The number of hydrogen-bond donors (Lipinski definition) is 1. The van der Waals surface area contributed by atoms with E-state index in [-0.39, 0.29) is 11.8 Å². The summed E-state index contributed by atoms with van der Waals surface area (Å²) in [6.45, 7) is 8.67. The van der Waals surface area contributed by atoms with Crippen LogP contribution in [0.15, 0.2) is 0 Å². The second-order valence-electron chi connectivity index (χ2n) is 3.13. The van der Waals surface area contributed by atoms with E-state index in [9.17, 15) is 4.79 Å². The molecule has 0 saturated carbocycles. The van der Waals surface area contributed by atoms with Crippen LogP contribution in [-0.4, -0.2) is 18.4 Å². The average molecular weight is 143 g/mol. The van der Waals surface area contributed by atoms with E-state index in [1.807, 2.05) is 6.92 Å². The van der Waals surface area contributed by atoms with Crippen LogP contribution in [0.25, 0.3) is 0 Å². The fraction of sp³-hybridized carbons (Fsp3) is 0.875. The van der Waals surface area contributed by atoms with E-state index in [1.54, 1.807) is 6.92 Å². The van der Waals surface area contributed by atoms with Crippen LogP contribution in [0.2, 0.25) is 0 Å². The standard InChI is InChI=1S/C8H17NO/c1-6(2)5-9-7(3)8(4)10/h6-7,9H,5H2,1-4H3/t7-/m1/s1. The number of carbonyl (C=O) groups excluding carboxylic acids is 1. The number of nitrogens with one attached hydrogen (secondary N) is 1. The Morgan fingerprint density at radius 2 is 1.90 bits per heavy atom. The van der Waals surface area contributed by atoms with Gasteiger partial charge >= 0.3 is 0 Å². The summed E-state index contributed by atoms with van der Waals surface area (Å²) in [5, 5.41) is 3.13. The lowest BCUT2D eigenvalue weighted by atomic mass is 10.2. The van der Waals surface area contributed by atoms with E-state index >= 15 is 0 Å². The second kappa shape index (κ2) is 4.45. The maximum atomic E-state index is 10.7. The normalized spacial score (nSPS) is 13.7. The summed E-state index contributed by atoms with van der Waals surface area (Å²) in [7, 11) is 0. The Labute approximate surface area is 63.0 Å². The SMILES string of the molecule is CC(=O)[C@@H](C)NCC(C)C. The molecule has 0 rings (SSSR count). The molecule has 0 aliphatic carbocycles. The van der Waals surface area contributed by atoms with Crippen LogP contribution < -0.4 is 5.32 Å². The minimum atomic E-state index is 0.0161. The van der Waals surface area contributed by atoms with Gasteiger partial charge < -0.3 is 5.32 Å². The van der Waals surface area contributed by atoms with Gasteiger partial charge in [0.15, 0.2) is 0 Å². The molecule has 60 valence electrons. The van der Waals surface area contributed by atoms with Gasteiger partial charge in [-0.25, -0.2) is 0 Å². The zero-order valence-electron chi connectivity index (χ0n) is 7.27. The molecule has 0 saturated heterocycles. The molecule has 0 bridgehead atoms. The van der Waals surface area contributed by atoms with Gasteiger partial charge in [0.1, 0.15) is 5.78 Å². The van der Waals surface area contributed by atoms with Crippen LogP contribution >= 0.6 is 0 Å². The minimum absolute atomic E-state index is 0.0161. The second-order valence-corrected chi connectivity index (χ2v) is 3.13. The molecule has 0 heterocycles.